The Hall–Kier alpha value is -2.61. The molecule has 182 valence electrons. The van der Waals surface area contributed by atoms with Crippen molar-refractivity contribution in [2.24, 2.45) is 5.10 Å². The fraction of sp³-hybridized carbons (Fsp3) is 0.625. The van der Waals surface area contributed by atoms with Crippen LogP contribution in [0.15, 0.2) is 21.7 Å². The van der Waals surface area contributed by atoms with Gasteiger partial charge in [0.05, 0.1) is 11.9 Å². The van der Waals surface area contributed by atoms with Gasteiger partial charge in [-0.25, -0.2) is 5.43 Å². The molecule has 32 heavy (non-hydrogen) atoms. The summed E-state index contributed by atoms with van der Waals surface area (Å²) < 4.78 is 11.3. The third-order valence-electron chi connectivity index (χ3n) is 4.14. The van der Waals surface area contributed by atoms with E-state index in [-0.39, 0.29) is 0 Å². The van der Waals surface area contributed by atoms with Gasteiger partial charge in [-0.1, -0.05) is 41.5 Å². The number of hydrogen-bond acceptors (Lipinski definition) is 8. The molecule has 2 heterocycles. The summed E-state index contributed by atoms with van der Waals surface area (Å²) in [7, 11) is 1.88. The van der Waals surface area contributed by atoms with Gasteiger partial charge in [-0.3, -0.25) is 0 Å². The van der Waals surface area contributed by atoms with Gasteiger partial charge in [0.25, 0.3) is 0 Å². The zero-order chi connectivity index (χ0) is 24.4. The van der Waals surface area contributed by atoms with Crippen LogP contribution < -0.4 is 20.4 Å². The van der Waals surface area contributed by atoms with E-state index in [1.165, 1.54) is 0 Å². The molecule has 2 aromatic rings. The lowest BCUT2D eigenvalue weighted by Gasteiger charge is -2.23. The van der Waals surface area contributed by atoms with Crippen LogP contribution in [0.2, 0.25) is 0 Å². The Kier molecular flexibility index (Phi) is 16.5. The lowest BCUT2D eigenvalue weighted by molar-refractivity contribution is 0.293. The van der Waals surface area contributed by atoms with E-state index in [4.69, 9.17) is 9.15 Å². The number of aryl methyl sites for hydroxylation is 2. The molecule has 8 heteroatoms. The summed E-state index contributed by atoms with van der Waals surface area (Å²) in [5, 5.41) is 7.30. The summed E-state index contributed by atoms with van der Waals surface area (Å²) in [4.78, 5) is 11.3. The summed E-state index contributed by atoms with van der Waals surface area (Å²) in [6, 6.07) is 4.20. The molecule has 0 saturated heterocycles. The van der Waals surface area contributed by atoms with Gasteiger partial charge in [-0.05, 0) is 39.3 Å². The fourth-order valence-corrected chi connectivity index (χ4v) is 2.64. The molecular formula is C24H44N6O2. The standard InChI is InChI=1S/C20H32N6O2.2C2H6/c1-6-9-26(10-7-2)18-13-17(23-20(24-18)27-11-8-21-5)14-22-25-19-12-15(3)16(4)28-19;2*1-2/h12-14,21,25H,6-11H2,1-5H3;2*1-2H3/b22-14+;;. The summed E-state index contributed by atoms with van der Waals surface area (Å²) in [5.41, 5.74) is 4.66. The third-order valence-corrected chi connectivity index (χ3v) is 4.14. The van der Waals surface area contributed by atoms with Gasteiger partial charge in [-0.2, -0.15) is 15.1 Å². The van der Waals surface area contributed by atoms with Crippen molar-refractivity contribution in [3.8, 4) is 6.01 Å². The van der Waals surface area contributed by atoms with E-state index in [1.54, 1.807) is 6.21 Å². The highest BCUT2D eigenvalue weighted by atomic mass is 16.5. The molecule has 0 unspecified atom stereocenters. The quantitative estimate of drug-likeness (QED) is 0.255. The van der Waals surface area contributed by atoms with E-state index in [0.717, 1.165) is 49.6 Å². The number of furan rings is 1. The highest BCUT2D eigenvalue weighted by molar-refractivity contribution is 5.79. The summed E-state index contributed by atoms with van der Waals surface area (Å²) in [6.07, 6.45) is 3.74. The first kappa shape index (κ1) is 29.4. The molecule has 0 amide bonds. The minimum absolute atomic E-state index is 0.357. The number of likely N-dealkylation sites (N-methyl/N-ethyl adjacent to an activating group) is 1. The van der Waals surface area contributed by atoms with Crippen LogP contribution in [0.4, 0.5) is 11.7 Å². The Morgan fingerprint density at radius 1 is 1.06 bits per heavy atom. The normalized spacial score (nSPS) is 10.2. The Bertz CT molecular complexity index is 735. The molecule has 0 aliphatic heterocycles. The smallest absolute Gasteiger partial charge is 0.319 e. The molecule has 0 aliphatic rings. The van der Waals surface area contributed by atoms with Crippen molar-refractivity contribution in [3.63, 3.8) is 0 Å². The molecule has 0 radical (unpaired) electrons. The topological polar surface area (TPSA) is 87.8 Å². The van der Waals surface area contributed by atoms with Crippen LogP contribution in [0.25, 0.3) is 0 Å². The Balaban J connectivity index is 0.00000227. The fourth-order valence-electron chi connectivity index (χ4n) is 2.64. The SMILES string of the molecule is CC.CC.CCCN(CCC)c1cc(/C=N/Nc2cc(C)c(C)o2)nc(OCCNC)n1. The molecule has 0 spiro atoms. The van der Waals surface area contributed by atoms with E-state index in [9.17, 15) is 0 Å². The van der Waals surface area contributed by atoms with Crippen molar-refractivity contribution < 1.29 is 9.15 Å². The number of ether oxygens (including phenoxy) is 1. The number of rotatable bonds is 12. The second kappa shape index (κ2) is 18.0. The van der Waals surface area contributed by atoms with Crippen LogP contribution >= 0.6 is 0 Å². The molecule has 0 saturated carbocycles. The van der Waals surface area contributed by atoms with Crippen LogP contribution in [-0.2, 0) is 0 Å². The van der Waals surface area contributed by atoms with E-state index < -0.39 is 0 Å². The molecular weight excluding hydrogens is 404 g/mol. The number of nitrogens with zero attached hydrogens (tertiary/aromatic N) is 4. The minimum atomic E-state index is 0.357. The number of hydrogen-bond donors (Lipinski definition) is 2. The van der Waals surface area contributed by atoms with Crippen LogP contribution in [0.5, 0.6) is 6.01 Å². The van der Waals surface area contributed by atoms with Crippen molar-refractivity contribution in [1.29, 1.82) is 0 Å². The van der Waals surface area contributed by atoms with Gasteiger partial charge in [-0.15, -0.1) is 0 Å². The Morgan fingerprint density at radius 2 is 1.72 bits per heavy atom. The first-order valence-electron chi connectivity index (χ1n) is 11.8. The van der Waals surface area contributed by atoms with Gasteiger partial charge in [0.1, 0.15) is 18.2 Å². The van der Waals surface area contributed by atoms with Crippen LogP contribution in [0.1, 0.15) is 71.4 Å². The monoisotopic (exact) mass is 448 g/mol. The number of anilines is 2. The second-order valence-electron chi connectivity index (χ2n) is 6.59. The summed E-state index contributed by atoms with van der Waals surface area (Å²) in [5.74, 6) is 2.32. The van der Waals surface area contributed by atoms with Crippen molar-refractivity contribution in [1.82, 2.24) is 15.3 Å². The maximum atomic E-state index is 5.71. The Labute approximate surface area is 194 Å². The highest BCUT2D eigenvalue weighted by Gasteiger charge is 2.11. The average molecular weight is 449 g/mol. The summed E-state index contributed by atoms with van der Waals surface area (Å²) >= 11 is 0. The first-order chi connectivity index (χ1) is 15.6. The van der Waals surface area contributed by atoms with E-state index >= 15 is 0 Å². The van der Waals surface area contributed by atoms with Crippen molar-refractivity contribution in [2.45, 2.75) is 68.2 Å². The molecule has 0 atom stereocenters. The van der Waals surface area contributed by atoms with Gasteiger partial charge < -0.3 is 19.4 Å². The van der Waals surface area contributed by atoms with Crippen LogP contribution in [0, 0.1) is 13.8 Å². The Morgan fingerprint density at radius 3 is 2.25 bits per heavy atom. The molecule has 2 N–H and O–H groups in total. The molecule has 0 bridgehead atoms. The lowest BCUT2D eigenvalue weighted by Crippen LogP contribution is -2.26. The van der Waals surface area contributed by atoms with E-state index in [0.29, 0.717) is 24.2 Å². The maximum absolute atomic E-state index is 5.71. The molecule has 8 nitrogen and oxygen atoms in total. The maximum Gasteiger partial charge on any atom is 0.319 e. The van der Waals surface area contributed by atoms with E-state index in [2.05, 4.69) is 44.6 Å². The largest absolute Gasteiger partial charge is 0.462 e. The average Bonchev–Trinajstić information content (AvgIpc) is 3.13. The van der Waals surface area contributed by atoms with Gasteiger partial charge in [0.2, 0.25) is 5.88 Å². The minimum Gasteiger partial charge on any atom is -0.462 e. The van der Waals surface area contributed by atoms with Crippen molar-refractivity contribution >= 4 is 17.9 Å². The van der Waals surface area contributed by atoms with Crippen molar-refractivity contribution in [3.05, 3.63) is 29.2 Å². The molecule has 0 aromatic carbocycles. The summed E-state index contributed by atoms with van der Waals surface area (Å²) in [6.45, 7) is 19.3. The zero-order valence-electron chi connectivity index (χ0n) is 21.6. The van der Waals surface area contributed by atoms with Gasteiger partial charge in [0.15, 0.2) is 0 Å². The second-order valence-corrected chi connectivity index (χ2v) is 6.59. The predicted octanol–water partition coefficient (Wildman–Crippen LogP) is 5.41. The predicted molar refractivity (Wildman–Crippen MR) is 136 cm³/mol. The first-order valence-corrected chi connectivity index (χ1v) is 11.8. The van der Waals surface area contributed by atoms with Crippen LogP contribution in [0.3, 0.4) is 0 Å². The zero-order valence-corrected chi connectivity index (χ0v) is 21.6. The van der Waals surface area contributed by atoms with Gasteiger partial charge in [0, 0.05) is 31.8 Å². The third kappa shape index (κ3) is 10.6. The molecule has 2 rings (SSSR count). The van der Waals surface area contributed by atoms with Crippen molar-refractivity contribution in [2.75, 3.05) is 43.6 Å². The molecule has 2 aromatic heterocycles. The van der Waals surface area contributed by atoms with Gasteiger partial charge >= 0.3 is 6.01 Å². The highest BCUT2D eigenvalue weighted by Crippen LogP contribution is 2.19. The number of nitrogens with one attached hydrogen (secondary N) is 2. The molecule has 0 fully saturated rings. The lowest BCUT2D eigenvalue weighted by atomic mass is 10.3. The van der Waals surface area contributed by atoms with E-state index in [1.807, 2.05) is 60.7 Å². The molecule has 0 aliphatic carbocycles. The van der Waals surface area contributed by atoms with Crippen LogP contribution in [-0.4, -0.2) is 49.5 Å². The number of aromatic nitrogens is 2. The number of hydrazone groups is 1.